The van der Waals surface area contributed by atoms with Crippen molar-refractivity contribution < 1.29 is 14.3 Å². The van der Waals surface area contributed by atoms with Gasteiger partial charge in [-0.05, 0) is 55.2 Å². The third-order valence-electron chi connectivity index (χ3n) is 5.00. The molecule has 4 nitrogen and oxygen atoms in total. The van der Waals surface area contributed by atoms with E-state index < -0.39 is 0 Å². The molecule has 1 heterocycles. The smallest absolute Gasteiger partial charge is 0.317 e. The number of aliphatic hydroxyl groups excluding tert-OH is 1. The second-order valence-electron chi connectivity index (χ2n) is 6.46. The van der Waals surface area contributed by atoms with Gasteiger partial charge >= 0.3 is 6.03 Å². The SMILES string of the molecule is CCC1(CO)CCN(C(=O)NCCCc2cccc(F)c2)CC1. The molecule has 0 aliphatic carbocycles. The van der Waals surface area contributed by atoms with Crippen LogP contribution in [0.2, 0.25) is 0 Å². The fourth-order valence-corrected chi connectivity index (χ4v) is 3.10. The molecular formula is C18H27FN2O2. The molecule has 0 bridgehead atoms. The molecule has 5 heteroatoms. The molecule has 0 atom stereocenters. The Hall–Kier alpha value is -1.62. The van der Waals surface area contributed by atoms with Gasteiger partial charge in [0.25, 0.3) is 0 Å². The van der Waals surface area contributed by atoms with E-state index in [1.165, 1.54) is 12.1 Å². The summed E-state index contributed by atoms with van der Waals surface area (Å²) in [6.45, 7) is 4.28. The van der Waals surface area contributed by atoms with Crippen LogP contribution in [0.3, 0.4) is 0 Å². The first-order valence-electron chi connectivity index (χ1n) is 8.47. The second-order valence-corrected chi connectivity index (χ2v) is 6.46. The third kappa shape index (κ3) is 4.93. The molecule has 0 radical (unpaired) electrons. The second kappa shape index (κ2) is 8.29. The van der Waals surface area contributed by atoms with E-state index in [1.807, 2.05) is 11.0 Å². The Labute approximate surface area is 137 Å². The molecule has 2 N–H and O–H groups in total. The molecule has 2 amide bonds. The van der Waals surface area contributed by atoms with E-state index in [4.69, 9.17) is 0 Å². The molecule has 0 unspecified atom stereocenters. The summed E-state index contributed by atoms with van der Waals surface area (Å²) < 4.78 is 13.1. The van der Waals surface area contributed by atoms with Crippen LogP contribution in [-0.4, -0.2) is 42.3 Å². The highest BCUT2D eigenvalue weighted by molar-refractivity contribution is 5.74. The van der Waals surface area contributed by atoms with Gasteiger partial charge in [-0.15, -0.1) is 0 Å². The van der Waals surface area contributed by atoms with Gasteiger partial charge in [0.2, 0.25) is 0 Å². The number of nitrogens with zero attached hydrogens (tertiary/aromatic N) is 1. The van der Waals surface area contributed by atoms with Crippen LogP contribution in [-0.2, 0) is 6.42 Å². The zero-order chi connectivity index (χ0) is 16.7. The number of halogens is 1. The van der Waals surface area contributed by atoms with Gasteiger partial charge in [0, 0.05) is 26.2 Å². The molecule has 1 aromatic carbocycles. The molecule has 1 aliphatic rings. The van der Waals surface area contributed by atoms with Crippen molar-refractivity contribution in [3.8, 4) is 0 Å². The first kappa shape index (κ1) is 17.7. The maximum absolute atomic E-state index is 13.1. The van der Waals surface area contributed by atoms with Crippen molar-refractivity contribution in [2.75, 3.05) is 26.2 Å². The fourth-order valence-electron chi connectivity index (χ4n) is 3.10. The number of piperidine rings is 1. The molecule has 0 aromatic heterocycles. The van der Waals surface area contributed by atoms with Crippen LogP contribution in [0.1, 0.15) is 38.2 Å². The highest BCUT2D eigenvalue weighted by atomic mass is 19.1. The minimum absolute atomic E-state index is 0.00579. The summed E-state index contributed by atoms with van der Waals surface area (Å²) >= 11 is 0. The Balaban J connectivity index is 1.68. The number of hydrogen-bond acceptors (Lipinski definition) is 2. The molecule has 2 rings (SSSR count). The predicted octanol–water partition coefficient (Wildman–Crippen LogP) is 2.95. The Morgan fingerprint density at radius 3 is 2.74 bits per heavy atom. The molecular weight excluding hydrogens is 295 g/mol. The summed E-state index contributed by atoms with van der Waals surface area (Å²) in [5.74, 6) is -0.219. The van der Waals surface area contributed by atoms with E-state index in [2.05, 4.69) is 12.2 Å². The topological polar surface area (TPSA) is 52.6 Å². The lowest BCUT2D eigenvalue weighted by Gasteiger charge is -2.40. The number of hydrogen-bond donors (Lipinski definition) is 2. The van der Waals surface area contributed by atoms with Crippen molar-refractivity contribution in [2.24, 2.45) is 5.41 Å². The van der Waals surface area contributed by atoms with E-state index in [9.17, 15) is 14.3 Å². The number of urea groups is 1. The van der Waals surface area contributed by atoms with Crippen LogP contribution < -0.4 is 5.32 Å². The standard InChI is InChI=1S/C18H27FN2O2/c1-2-18(14-22)8-11-21(12-9-18)17(23)20-10-4-6-15-5-3-7-16(19)13-15/h3,5,7,13,22H,2,4,6,8-12,14H2,1H3,(H,20,23). The van der Waals surface area contributed by atoms with Crippen molar-refractivity contribution in [3.63, 3.8) is 0 Å². The normalized spacial score (nSPS) is 17.1. The quantitative estimate of drug-likeness (QED) is 0.791. The van der Waals surface area contributed by atoms with E-state index in [-0.39, 0.29) is 23.9 Å². The molecule has 23 heavy (non-hydrogen) atoms. The average Bonchev–Trinajstić information content (AvgIpc) is 2.58. The lowest BCUT2D eigenvalue weighted by molar-refractivity contribution is 0.0520. The average molecular weight is 322 g/mol. The van der Waals surface area contributed by atoms with Gasteiger partial charge < -0.3 is 15.3 Å². The van der Waals surface area contributed by atoms with E-state index in [0.717, 1.165) is 37.7 Å². The number of likely N-dealkylation sites (tertiary alicyclic amines) is 1. The van der Waals surface area contributed by atoms with E-state index in [0.29, 0.717) is 19.6 Å². The number of carbonyl (C=O) groups is 1. The first-order chi connectivity index (χ1) is 11.1. The monoisotopic (exact) mass is 322 g/mol. The summed E-state index contributed by atoms with van der Waals surface area (Å²) in [5.41, 5.74) is 0.946. The van der Waals surface area contributed by atoms with E-state index in [1.54, 1.807) is 6.07 Å². The Kier molecular flexibility index (Phi) is 6.39. The van der Waals surface area contributed by atoms with Crippen molar-refractivity contribution in [2.45, 2.75) is 39.0 Å². The lowest BCUT2D eigenvalue weighted by Crippen LogP contribution is -2.48. The van der Waals surface area contributed by atoms with Crippen molar-refractivity contribution in [3.05, 3.63) is 35.6 Å². The molecule has 1 aromatic rings. The number of aliphatic hydroxyl groups is 1. The van der Waals surface area contributed by atoms with Gasteiger partial charge in [0.1, 0.15) is 5.82 Å². The lowest BCUT2D eigenvalue weighted by atomic mass is 9.77. The van der Waals surface area contributed by atoms with Gasteiger partial charge in [-0.3, -0.25) is 0 Å². The number of rotatable bonds is 6. The number of aryl methyl sites for hydroxylation is 1. The molecule has 1 aliphatic heterocycles. The van der Waals surface area contributed by atoms with Crippen molar-refractivity contribution in [1.82, 2.24) is 10.2 Å². The van der Waals surface area contributed by atoms with Crippen LogP contribution in [0.25, 0.3) is 0 Å². The zero-order valence-corrected chi connectivity index (χ0v) is 13.9. The van der Waals surface area contributed by atoms with Gasteiger partial charge in [-0.25, -0.2) is 9.18 Å². The number of carbonyl (C=O) groups excluding carboxylic acids is 1. The van der Waals surface area contributed by atoms with Gasteiger partial charge in [-0.1, -0.05) is 19.1 Å². The van der Waals surface area contributed by atoms with Gasteiger partial charge in [0.05, 0.1) is 0 Å². The minimum atomic E-state index is -0.219. The third-order valence-corrected chi connectivity index (χ3v) is 5.00. The van der Waals surface area contributed by atoms with Gasteiger partial charge in [-0.2, -0.15) is 0 Å². The summed E-state index contributed by atoms with van der Waals surface area (Å²) in [6, 6.07) is 6.54. The maximum atomic E-state index is 13.1. The number of amides is 2. The van der Waals surface area contributed by atoms with E-state index >= 15 is 0 Å². The summed E-state index contributed by atoms with van der Waals surface area (Å²) in [4.78, 5) is 14.0. The Morgan fingerprint density at radius 1 is 1.39 bits per heavy atom. The largest absolute Gasteiger partial charge is 0.396 e. The fraction of sp³-hybridized carbons (Fsp3) is 0.611. The van der Waals surface area contributed by atoms with Crippen LogP contribution in [0.4, 0.5) is 9.18 Å². The zero-order valence-electron chi connectivity index (χ0n) is 13.9. The van der Waals surface area contributed by atoms with Crippen LogP contribution in [0.15, 0.2) is 24.3 Å². The molecule has 0 spiro atoms. The summed E-state index contributed by atoms with van der Waals surface area (Å²) in [7, 11) is 0. The number of benzene rings is 1. The highest BCUT2D eigenvalue weighted by Crippen LogP contribution is 2.34. The highest BCUT2D eigenvalue weighted by Gasteiger charge is 2.33. The minimum Gasteiger partial charge on any atom is -0.396 e. The van der Waals surface area contributed by atoms with Crippen LogP contribution >= 0.6 is 0 Å². The Bertz CT molecular complexity index is 507. The van der Waals surface area contributed by atoms with Crippen molar-refractivity contribution >= 4 is 6.03 Å². The van der Waals surface area contributed by atoms with Crippen LogP contribution in [0, 0.1) is 11.2 Å². The number of nitrogens with one attached hydrogen (secondary N) is 1. The van der Waals surface area contributed by atoms with Gasteiger partial charge in [0.15, 0.2) is 0 Å². The molecule has 1 fully saturated rings. The first-order valence-corrected chi connectivity index (χ1v) is 8.47. The Morgan fingerprint density at radius 2 is 2.13 bits per heavy atom. The molecule has 1 saturated heterocycles. The summed E-state index contributed by atoms with van der Waals surface area (Å²) in [6.07, 6.45) is 4.21. The molecule has 0 saturated carbocycles. The van der Waals surface area contributed by atoms with Crippen LogP contribution in [0.5, 0.6) is 0 Å². The summed E-state index contributed by atoms with van der Waals surface area (Å²) in [5, 5.41) is 12.5. The molecule has 128 valence electrons. The van der Waals surface area contributed by atoms with Crippen molar-refractivity contribution in [1.29, 1.82) is 0 Å². The predicted molar refractivity (Wildman–Crippen MR) is 88.7 cm³/mol. The maximum Gasteiger partial charge on any atom is 0.317 e.